The fourth-order valence-electron chi connectivity index (χ4n) is 1.44. The van der Waals surface area contributed by atoms with Crippen molar-refractivity contribution in [2.75, 3.05) is 12.4 Å². The molecule has 1 aromatic rings. The van der Waals surface area contributed by atoms with E-state index < -0.39 is 10.2 Å². The first kappa shape index (κ1) is 16.0. The summed E-state index contributed by atoms with van der Waals surface area (Å²) in [7, 11) is -3.42. The van der Waals surface area contributed by atoms with Gasteiger partial charge in [0.1, 0.15) is 12.5 Å². The summed E-state index contributed by atoms with van der Waals surface area (Å²) >= 11 is 3.00. The first-order valence-electron chi connectivity index (χ1n) is 5.87. The smallest absolute Gasteiger partial charge is 0.301 e. The number of nitrogens with two attached hydrogens (primary N) is 2. The Morgan fingerprint density at radius 3 is 3.05 bits per heavy atom. The van der Waals surface area contributed by atoms with Crippen molar-refractivity contribution in [3.05, 3.63) is 11.1 Å². The minimum atomic E-state index is -3.42. The predicted molar refractivity (Wildman–Crippen MR) is 85.9 cm³/mol. The van der Waals surface area contributed by atoms with Gasteiger partial charge in [-0.2, -0.15) is 29.9 Å². The van der Waals surface area contributed by atoms with Gasteiger partial charge in [-0.1, -0.05) is 0 Å². The minimum Gasteiger partial charge on any atom is -0.370 e. The van der Waals surface area contributed by atoms with Crippen molar-refractivity contribution < 1.29 is 8.42 Å². The molecule has 21 heavy (non-hydrogen) atoms. The molecule has 116 valence electrons. The van der Waals surface area contributed by atoms with E-state index in [1.165, 1.54) is 11.3 Å². The summed E-state index contributed by atoms with van der Waals surface area (Å²) in [4.78, 5) is 12.2. The standard InChI is InChI=1S/C9H15N7O2S3/c10-8(11)15-9-14-6(4-20-9)3-19-2-1-7-12-5-13-21(17,18)16-7/h4,13H,1-3,5H2,(H,12,16)(H4,10,11,14,15). The Morgan fingerprint density at radius 1 is 1.52 bits per heavy atom. The van der Waals surface area contributed by atoms with Crippen LogP contribution in [0.15, 0.2) is 15.4 Å². The number of amidine groups is 1. The Labute approximate surface area is 130 Å². The lowest BCUT2D eigenvalue weighted by molar-refractivity contribution is 0.574. The van der Waals surface area contributed by atoms with Crippen LogP contribution in [0.4, 0.5) is 5.13 Å². The van der Waals surface area contributed by atoms with Gasteiger partial charge in [0.2, 0.25) is 5.13 Å². The molecular formula is C9H15N7O2S3. The Balaban J connectivity index is 1.74. The minimum absolute atomic E-state index is 0.0141. The van der Waals surface area contributed by atoms with Crippen LogP contribution >= 0.6 is 23.1 Å². The third-order valence-corrected chi connectivity index (χ3v) is 5.06. The Kier molecular flexibility index (Phi) is 5.39. The maximum atomic E-state index is 11.3. The van der Waals surface area contributed by atoms with Crippen molar-refractivity contribution in [1.29, 1.82) is 0 Å². The van der Waals surface area contributed by atoms with Crippen molar-refractivity contribution in [1.82, 2.24) is 14.4 Å². The molecule has 0 aromatic carbocycles. The highest BCUT2D eigenvalue weighted by atomic mass is 32.2. The van der Waals surface area contributed by atoms with E-state index >= 15 is 0 Å². The van der Waals surface area contributed by atoms with Gasteiger partial charge in [0.15, 0.2) is 5.96 Å². The number of thiazole rings is 1. The zero-order valence-corrected chi connectivity index (χ0v) is 13.4. The average Bonchev–Trinajstić information content (AvgIpc) is 2.80. The van der Waals surface area contributed by atoms with Gasteiger partial charge in [0.25, 0.3) is 0 Å². The van der Waals surface area contributed by atoms with E-state index in [1.54, 1.807) is 11.8 Å². The summed E-state index contributed by atoms with van der Waals surface area (Å²) in [6.07, 6.45) is 0.552. The second-order valence-corrected chi connectivity index (χ2v) is 7.41. The van der Waals surface area contributed by atoms with Crippen LogP contribution < -0.4 is 20.9 Å². The summed E-state index contributed by atoms with van der Waals surface area (Å²) in [5, 5.41) is 2.42. The van der Waals surface area contributed by atoms with Crippen molar-refractivity contribution in [2.45, 2.75) is 12.2 Å². The highest BCUT2D eigenvalue weighted by molar-refractivity contribution is 7.98. The number of rotatable bonds is 6. The van der Waals surface area contributed by atoms with Crippen LogP contribution in [-0.4, -0.2) is 37.6 Å². The number of nitrogens with one attached hydrogen (secondary N) is 2. The number of nitrogens with zero attached hydrogens (tertiary/aromatic N) is 3. The lowest BCUT2D eigenvalue weighted by atomic mass is 10.4. The number of hydrogen-bond acceptors (Lipinski definition) is 7. The number of guanidine groups is 1. The monoisotopic (exact) mass is 349 g/mol. The van der Waals surface area contributed by atoms with Gasteiger partial charge in [0.05, 0.1) is 5.69 Å². The topological polar surface area (TPSA) is 148 Å². The SMILES string of the molecule is NC(N)=Nc1nc(CSCCC2=NCNS(=O)(=O)N2)cs1. The molecule has 0 saturated heterocycles. The molecule has 1 aromatic heterocycles. The van der Waals surface area contributed by atoms with Crippen molar-refractivity contribution in [2.24, 2.45) is 21.5 Å². The Hall–Kier alpha value is -1.37. The highest BCUT2D eigenvalue weighted by Gasteiger charge is 2.16. The molecule has 1 aliphatic rings. The van der Waals surface area contributed by atoms with E-state index in [2.05, 4.69) is 24.4 Å². The van der Waals surface area contributed by atoms with Crippen molar-refractivity contribution in [3.63, 3.8) is 0 Å². The summed E-state index contributed by atoms with van der Waals surface area (Å²) < 4.78 is 27.1. The van der Waals surface area contributed by atoms with Crippen LogP contribution in [0.25, 0.3) is 0 Å². The average molecular weight is 349 g/mol. The molecule has 0 amide bonds. The van der Waals surface area contributed by atoms with Gasteiger partial charge in [-0.25, -0.2) is 4.98 Å². The molecule has 0 aliphatic carbocycles. The molecule has 9 nitrogen and oxygen atoms in total. The number of thioether (sulfide) groups is 1. The van der Waals surface area contributed by atoms with Crippen LogP contribution in [0.3, 0.4) is 0 Å². The number of hydrogen-bond donors (Lipinski definition) is 4. The zero-order valence-electron chi connectivity index (χ0n) is 10.9. The van der Waals surface area contributed by atoms with Crippen LogP contribution in [0.1, 0.15) is 12.1 Å². The molecular weight excluding hydrogens is 334 g/mol. The molecule has 1 aliphatic heterocycles. The maximum absolute atomic E-state index is 11.3. The molecule has 0 saturated carbocycles. The lowest BCUT2D eigenvalue weighted by Gasteiger charge is -2.15. The van der Waals surface area contributed by atoms with Gasteiger partial charge in [-0.15, -0.1) is 11.3 Å². The molecule has 0 radical (unpaired) electrons. The van der Waals surface area contributed by atoms with Crippen LogP contribution in [0, 0.1) is 0 Å². The third kappa shape index (κ3) is 5.49. The van der Waals surface area contributed by atoms with Crippen molar-refractivity contribution in [3.8, 4) is 0 Å². The van der Waals surface area contributed by atoms with E-state index in [4.69, 9.17) is 11.5 Å². The van der Waals surface area contributed by atoms with Gasteiger partial charge < -0.3 is 11.5 Å². The maximum Gasteiger partial charge on any atom is 0.301 e. The molecule has 6 N–H and O–H groups in total. The quantitative estimate of drug-likeness (QED) is 0.308. The van der Waals surface area contributed by atoms with Gasteiger partial charge >= 0.3 is 10.2 Å². The largest absolute Gasteiger partial charge is 0.370 e. The molecule has 0 bridgehead atoms. The van der Waals surface area contributed by atoms with Crippen LogP contribution in [-0.2, 0) is 16.0 Å². The third-order valence-electron chi connectivity index (χ3n) is 2.27. The molecule has 12 heteroatoms. The van der Waals surface area contributed by atoms with Crippen LogP contribution in [0.5, 0.6) is 0 Å². The molecule has 0 spiro atoms. The fourth-order valence-corrected chi connectivity index (χ4v) is 3.87. The van der Waals surface area contributed by atoms with E-state index in [1.807, 2.05) is 5.38 Å². The summed E-state index contributed by atoms with van der Waals surface area (Å²) in [5.41, 5.74) is 11.4. The van der Waals surface area contributed by atoms with E-state index in [0.717, 1.165) is 11.4 Å². The normalized spacial score (nSPS) is 16.9. The van der Waals surface area contributed by atoms with E-state index in [-0.39, 0.29) is 12.6 Å². The van der Waals surface area contributed by atoms with Crippen molar-refractivity contribution >= 4 is 50.2 Å². The van der Waals surface area contributed by atoms with Gasteiger partial charge in [0, 0.05) is 23.3 Å². The number of aromatic nitrogens is 1. The number of aliphatic imine (C=N–C) groups is 2. The van der Waals surface area contributed by atoms with Gasteiger partial charge in [-0.3, -0.25) is 9.71 Å². The first-order chi connectivity index (χ1) is 9.94. The van der Waals surface area contributed by atoms with Gasteiger partial charge in [-0.05, 0) is 0 Å². The highest BCUT2D eigenvalue weighted by Crippen LogP contribution is 2.22. The molecule has 0 atom stereocenters. The summed E-state index contributed by atoms with van der Waals surface area (Å²) in [6, 6.07) is 0. The van der Waals surface area contributed by atoms with E-state index in [0.29, 0.717) is 23.1 Å². The molecule has 0 unspecified atom stereocenters. The lowest BCUT2D eigenvalue weighted by Crippen LogP contribution is -2.45. The van der Waals surface area contributed by atoms with E-state index in [9.17, 15) is 8.42 Å². The molecule has 2 heterocycles. The second-order valence-electron chi connectivity index (χ2n) is 3.97. The zero-order chi connectivity index (χ0) is 15.3. The Bertz CT molecular complexity index is 648. The molecule has 0 fully saturated rings. The Morgan fingerprint density at radius 2 is 2.33 bits per heavy atom. The summed E-state index contributed by atoms with van der Waals surface area (Å²) in [6.45, 7) is 0.0866. The predicted octanol–water partition coefficient (Wildman–Crippen LogP) is -0.535. The van der Waals surface area contributed by atoms with Crippen LogP contribution in [0.2, 0.25) is 0 Å². The first-order valence-corrected chi connectivity index (χ1v) is 9.39. The summed E-state index contributed by atoms with van der Waals surface area (Å²) in [5.74, 6) is 1.89. The fraction of sp³-hybridized carbons (Fsp3) is 0.444. The second kappa shape index (κ2) is 7.06. The molecule has 2 rings (SSSR count).